The van der Waals surface area contributed by atoms with Gasteiger partial charge in [0, 0.05) is 22.3 Å². The maximum atomic E-state index is 13.7. The number of nitrogens with zero attached hydrogens (tertiary/aromatic N) is 3. The van der Waals surface area contributed by atoms with E-state index in [0.29, 0.717) is 44.7 Å². The van der Waals surface area contributed by atoms with E-state index in [1.807, 2.05) is 51.1 Å². The average Bonchev–Trinajstić information content (AvgIpc) is 2.82. The van der Waals surface area contributed by atoms with Crippen molar-refractivity contribution in [3.8, 4) is 5.69 Å². The van der Waals surface area contributed by atoms with Crippen molar-refractivity contribution >= 4 is 45.8 Å². The molecule has 4 rings (SSSR count). The maximum absolute atomic E-state index is 13.7. The third kappa shape index (κ3) is 5.19. The van der Waals surface area contributed by atoms with Gasteiger partial charge < -0.3 is 10.2 Å². The first-order chi connectivity index (χ1) is 16.8. The van der Waals surface area contributed by atoms with Crippen molar-refractivity contribution in [2.24, 2.45) is 0 Å². The van der Waals surface area contributed by atoms with Crippen molar-refractivity contribution in [3.63, 3.8) is 0 Å². The van der Waals surface area contributed by atoms with Crippen LogP contribution in [0.3, 0.4) is 0 Å². The number of rotatable bonds is 6. The topological polar surface area (TPSA) is 67.2 Å². The minimum atomic E-state index is -0.512. The molecule has 6 nitrogen and oxygen atoms in total. The number of anilines is 1. The van der Waals surface area contributed by atoms with Crippen LogP contribution in [-0.2, 0) is 0 Å². The number of halogens is 2. The van der Waals surface area contributed by atoms with Gasteiger partial charge in [-0.15, -0.1) is 0 Å². The lowest BCUT2D eigenvalue weighted by atomic mass is 10.1. The van der Waals surface area contributed by atoms with Crippen LogP contribution in [0.4, 0.5) is 10.5 Å². The highest BCUT2D eigenvalue weighted by Crippen LogP contribution is 2.26. The third-order valence-corrected chi connectivity index (χ3v) is 6.31. The molecule has 0 radical (unpaired) electrons. The standard InChI is InChI=1S/C27H26Cl2N4O2/c1-4-14-32(27(35)30-21-9-7-8-19(28)16-21)18(3)25-31-23-11-6-5-10-22(23)26(34)33(25)24-13-12-20(29)15-17(24)2/h5-13,15-16,18H,4,14H2,1-3H3,(H,30,35). The van der Waals surface area contributed by atoms with E-state index in [1.165, 1.54) is 0 Å². The number of urea groups is 1. The molecule has 1 atom stereocenters. The highest BCUT2D eigenvalue weighted by molar-refractivity contribution is 6.31. The van der Waals surface area contributed by atoms with Crippen molar-refractivity contribution in [2.45, 2.75) is 33.2 Å². The predicted molar refractivity (Wildman–Crippen MR) is 143 cm³/mol. The van der Waals surface area contributed by atoms with Gasteiger partial charge in [0.05, 0.1) is 22.6 Å². The number of aryl methyl sites for hydroxylation is 1. The number of hydrogen-bond donors (Lipinski definition) is 1. The number of benzene rings is 3. The number of nitrogens with one attached hydrogen (secondary N) is 1. The van der Waals surface area contributed by atoms with E-state index in [4.69, 9.17) is 28.2 Å². The van der Waals surface area contributed by atoms with Gasteiger partial charge in [0.2, 0.25) is 0 Å². The summed E-state index contributed by atoms with van der Waals surface area (Å²) in [7, 11) is 0. The van der Waals surface area contributed by atoms with E-state index in [1.54, 1.807) is 45.9 Å². The number of fused-ring (bicyclic) bond motifs is 1. The van der Waals surface area contributed by atoms with Crippen molar-refractivity contribution < 1.29 is 4.79 Å². The van der Waals surface area contributed by atoms with Crippen LogP contribution in [0.25, 0.3) is 16.6 Å². The summed E-state index contributed by atoms with van der Waals surface area (Å²) < 4.78 is 1.59. The zero-order chi connectivity index (χ0) is 25.1. The SMILES string of the molecule is CCCN(C(=O)Nc1cccc(Cl)c1)C(C)c1nc2ccccc2c(=O)n1-c1ccc(Cl)cc1C. The first-order valence-corrected chi connectivity index (χ1v) is 12.2. The van der Waals surface area contributed by atoms with Gasteiger partial charge in [-0.3, -0.25) is 9.36 Å². The van der Waals surface area contributed by atoms with Crippen LogP contribution in [-0.4, -0.2) is 27.0 Å². The summed E-state index contributed by atoms with van der Waals surface area (Å²) in [6, 6.07) is 18.8. The smallest absolute Gasteiger partial charge is 0.315 e. The summed E-state index contributed by atoms with van der Waals surface area (Å²) >= 11 is 12.3. The quantitative estimate of drug-likeness (QED) is 0.304. The van der Waals surface area contributed by atoms with Gasteiger partial charge in [-0.2, -0.15) is 0 Å². The van der Waals surface area contributed by atoms with Crippen LogP contribution in [0.2, 0.25) is 10.0 Å². The number of amides is 2. The number of aromatic nitrogens is 2. The van der Waals surface area contributed by atoms with Crippen molar-refractivity contribution in [1.29, 1.82) is 0 Å². The number of carbonyl (C=O) groups excluding carboxylic acids is 1. The Morgan fingerprint density at radius 3 is 2.51 bits per heavy atom. The van der Waals surface area contributed by atoms with Crippen molar-refractivity contribution in [3.05, 3.63) is 98.5 Å². The lowest BCUT2D eigenvalue weighted by Crippen LogP contribution is -2.40. The maximum Gasteiger partial charge on any atom is 0.322 e. The molecule has 1 N–H and O–H groups in total. The van der Waals surface area contributed by atoms with Crippen LogP contribution in [0.1, 0.15) is 37.7 Å². The Bertz CT molecular complexity index is 1450. The van der Waals surface area contributed by atoms with E-state index in [2.05, 4.69) is 5.32 Å². The van der Waals surface area contributed by atoms with Crippen LogP contribution in [0.15, 0.2) is 71.5 Å². The molecule has 8 heteroatoms. The van der Waals surface area contributed by atoms with E-state index in [9.17, 15) is 9.59 Å². The Morgan fingerprint density at radius 1 is 1.06 bits per heavy atom. The van der Waals surface area contributed by atoms with E-state index >= 15 is 0 Å². The zero-order valence-electron chi connectivity index (χ0n) is 19.8. The van der Waals surface area contributed by atoms with Crippen molar-refractivity contribution in [2.75, 3.05) is 11.9 Å². The fraction of sp³-hybridized carbons (Fsp3) is 0.222. The molecular formula is C27H26Cl2N4O2. The van der Waals surface area contributed by atoms with Gasteiger partial charge >= 0.3 is 6.03 Å². The second kappa shape index (κ2) is 10.5. The average molecular weight is 509 g/mol. The normalized spacial score (nSPS) is 11.9. The second-order valence-electron chi connectivity index (χ2n) is 8.37. The molecule has 0 aliphatic rings. The summed E-state index contributed by atoms with van der Waals surface area (Å²) in [6.07, 6.45) is 0.727. The molecule has 1 aromatic heterocycles. The third-order valence-electron chi connectivity index (χ3n) is 5.84. The van der Waals surface area contributed by atoms with Crippen LogP contribution in [0.5, 0.6) is 0 Å². The Labute approximate surface area is 214 Å². The van der Waals surface area contributed by atoms with E-state index in [-0.39, 0.29) is 11.6 Å². The molecule has 0 spiro atoms. The Balaban J connectivity index is 1.85. The summed E-state index contributed by atoms with van der Waals surface area (Å²) in [6.45, 7) is 6.24. The molecule has 0 bridgehead atoms. The largest absolute Gasteiger partial charge is 0.322 e. The monoisotopic (exact) mass is 508 g/mol. The minimum Gasteiger partial charge on any atom is -0.315 e. The molecule has 180 valence electrons. The summed E-state index contributed by atoms with van der Waals surface area (Å²) in [4.78, 5) is 33.7. The Hall–Kier alpha value is -3.35. The molecule has 0 saturated carbocycles. The molecule has 0 fully saturated rings. The van der Waals surface area contributed by atoms with Gasteiger partial charge in [-0.1, -0.05) is 48.3 Å². The zero-order valence-corrected chi connectivity index (χ0v) is 21.3. The molecule has 0 saturated heterocycles. The lowest BCUT2D eigenvalue weighted by Gasteiger charge is -2.30. The highest BCUT2D eigenvalue weighted by Gasteiger charge is 2.27. The van der Waals surface area contributed by atoms with Crippen LogP contribution in [0, 0.1) is 6.92 Å². The summed E-state index contributed by atoms with van der Waals surface area (Å²) in [5, 5.41) is 4.53. The first-order valence-electron chi connectivity index (χ1n) is 11.4. The summed E-state index contributed by atoms with van der Waals surface area (Å²) in [5.41, 5.74) is 2.47. The predicted octanol–water partition coefficient (Wildman–Crippen LogP) is 7.01. The molecular weight excluding hydrogens is 483 g/mol. The number of carbonyl (C=O) groups is 1. The van der Waals surface area contributed by atoms with Gasteiger partial charge in [0.15, 0.2) is 0 Å². The fourth-order valence-electron chi connectivity index (χ4n) is 4.15. The molecule has 0 aliphatic heterocycles. The van der Waals surface area contributed by atoms with Gasteiger partial charge in [0.25, 0.3) is 5.56 Å². The Morgan fingerprint density at radius 2 is 1.80 bits per heavy atom. The summed E-state index contributed by atoms with van der Waals surface area (Å²) in [5.74, 6) is 0.466. The molecule has 0 aliphatic carbocycles. The molecule has 3 aromatic carbocycles. The molecule has 2 amide bonds. The highest BCUT2D eigenvalue weighted by atomic mass is 35.5. The first kappa shape index (κ1) is 24.8. The van der Waals surface area contributed by atoms with Crippen LogP contribution >= 0.6 is 23.2 Å². The van der Waals surface area contributed by atoms with Crippen molar-refractivity contribution in [1.82, 2.24) is 14.5 Å². The lowest BCUT2D eigenvalue weighted by molar-refractivity contribution is 0.189. The molecule has 1 heterocycles. The molecule has 35 heavy (non-hydrogen) atoms. The van der Waals surface area contributed by atoms with E-state index in [0.717, 1.165) is 12.0 Å². The van der Waals surface area contributed by atoms with Gasteiger partial charge in [0.1, 0.15) is 5.82 Å². The van der Waals surface area contributed by atoms with Gasteiger partial charge in [-0.05, 0) is 74.4 Å². The fourth-order valence-corrected chi connectivity index (χ4v) is 4.56. The van der Waals surface area contributed by atoms with Crippen LogP contribution < -0.4 is 10.9 Å². The number of hydrogen-bond acceptors (Lipinski definition) is 3. The second-order valence-corrected chi connectivity index (χ2v) is 9.24. The Kier molecular flexibility index (Phi) is 7.43. The van der Waals surface area contributed by atoms with Gasteiger partial charge in [-0.25, -0.2) is 9.78 Å². The molecule has 1 unspecified atom stereocenters. The molecule has 4 aromatic rings. The minimum absolute atomic E-state index is 0.199. The number of para-hydroxylation sites is 1. The van der Waals surface area contributed by atoms with E-state index < -0.39 is 6.04 Å².